The number of fused-ring (bicyclic) bond motifs is 1. The topological polar surface area (TPSA) is 69.4 Å². The van der Waals surface area contributed by atoms with Crippen molar-refractivity contribution in [3.63, 3.8) is 0 Å². The van der Waals surface area contributed by atoms with Gasteiger partial charge in [-0.3, -0.25) is 0 Å². The van der Waals surface area contributed by atoms with Gasteiger partial charge in [0.25, 0.3) is 0 Å². The molecule has 0 saturated heterocycles. The second-order valence-corrected chi connectivity index (χ2v) is 4.63. The second kappa shape index (κ2) is 5.69. The molecule has 1 aromatic heterocycles. The number of nitrogens with two attached hydrogens (primary N) is 1. The minimum atomic E-state index is 0.613. The fourth-order valence-corrected chi connectivity index (χ4v) is 2.12. The summed E-state index contributed by atoms with van der Waals surface area (Å²) in [6, 6.07) is 9.64. The molecule has 2 aromatic rings. The first-order chi connectivity index (χ1) is 9.81. The van der Waals surface area contributed by atoms with E-state index in [1.54, 1.807) is 12.3 Å². The average Bonchev–Trinajstić information content (AvgIpc) is 2.47. The standard InChI is InChI=1S/C15H17N3O2/c16-12-4-6-18-15(10-12)17-5-3-11-1-2-13-14(9-11)20-8-7-19-13/h1-2,4,6,9-10H,3,5,7-8H2,(H3,16,17,18). The van der Waals surface area contributed by atoms with Gasteiger partial charge in [0.1, 0.15) is 19.0 Å². The molecule has 0 bridgehead atoms. The first-order valence-corrected chi connectivity index (χ1v) is 6.65. The molecule has 0 spiro atoms. The van der Waals surface area contributed by atoms with E-state index in [4.69, 9.17) is 15.2 Å². The van der Waals surface area contributed by atoms with Crippen LogP contribution in [0.2, 0.25) is 0 Å². The monoisotopic (exact) mass is 271 g/mol. The molecule has 0 amide bonds. The van der Waals surface area contributed by atoms with Crippen LogP contribution in [0.25, 0.3) is 0 Å². The minimum absolute atomic E-state index is 0.613. The number of hydrogen-bond donors (Lipinski definition) is 2. The summed E-state index contributed by atoms with van der Waals surface area (Å²) >= 11 is 0. The summed E-state index contributed by atoms with van der Waals surface area (Å²) in [6.07, 6.45) is 2.58. The molecular weight excluding hydrogens is 254 g/mol. The molecule has 20 heavy (non-hydrogen) atoms. The van der Waals surface area contributed by atoms with E-state index in [2.05, 4.69) is 16.4 Å². The highest BCUT2D eigenvalue weighted by atomic mass is 16.6. The number of aromatic nitrogens is 1. The van der Waals surface area contributed by atoms with Gasteiger partial charge in [-0.2, -0.15) is 0 Å². The summed E-state index contributed by atoms with van der Waals surface area (Å²) in [5, 5.41) is 3.25. The van der Waals surface area contributed by atoms with Crippen LogP contribution >= 0.6 is 0 Å². The Labute approximate surface area is 117 Å². The van der Waals surface area contributed by atoms with Crippen LogP contribution in [-0.2, 0) is 6.42 Å². The Morgan fingerprint density at radius 3 is 2.80 bits per heavy atom. The average molecular weight is 271 g/mol. The zero-order valence-corrected chi connectivity index (χ0v) is 11.1. The summed E-state index contributed by atoms with van der Waals surface area (Å²) in [7, 11) is 0. The van der Waals surface area contributed by atoms with Crippen molar-refractivity contribution < 1.29 is 9.47 Å². The number of nitrogens with zero attached hydrogens (tertiary/aromatic N) is 1. The van der Waals surface area contributed by atoms with E-state index in [0.717, 1.165) is 30.3 Å². The zero-order valence-electron chi connectivity index (χ0n) is 11.1. The van der Waals surface area contributed by atoms with Crippen molar-refractivity contribution in [3.05, 3.63) is 42.1 Å². The van der Waals surface area contributed by atoms with Crippen LogP contribution in [0, 0.1) is 0 Å². The molecule has 0 saturated carbocycles. The fourth-order valence-electron chi connectivity index (χ4n) is 2.12. The van der Waals surface area contributed by atoms with E-state index < -0.39 is 0 Å². The van der Waals surface area contributed by atoms with Crippen LogP contribution in [0.5, 0.6) is 11.5 Å². The number of ether oxygens (including phenoxy) is 2. The van der Waals surface area contributed by atoms with Crippen molar-refractivity contribution >= 4 is 11.5 Å². The van der Waals surface area contributed by atoms with Crippen LogP contribution in [0.1, 0.15) is 5.56 Å². The molecule has 2 heterocycles. The Balaban J connectivity index is 1.58. The van der Waals surface area contributed by atoms with Gasteiger partial charge in [-0.25, -0.2) is 4.98 Å². The van der Waals surface area contributed by atoms with E-state index >= 15 is 0 Å². The van der Waals surface area contributed by atoms with Gasteiger partial charge in [0.05, 0.1) is 0 Å². The van der Waals surface area contributed by atoms with Crippen molar-refractivity contribution in [2.75, 3.05) is 30.8 Å². The number of benzene rings is 1. The largest absolute Gasteiger partial charge is 0.486 e. The highest BCUT2D eigenvalue weighted by Gasteiger charge is 2.11. The molecule has 0 atom stereocenters. The Bertz CT molecular complexity index is 601. The third-order valence-electron chi connectivity index (χ3n) is 3.11. The van der Waals surface area contributed by atoms with Gasteiger partial charge in [0, 0.05) is 24.5 Å². The van der Waals surface area contributed by atoms with E-state index in [0.29, 0.717) is 18.9 Å². The predicted molar refractivity (Wildman–Crippen MR) is 78.3 cm³/mol. The molecule has 3 rings (SSSR count). The summed E-state index contributed by atoms with van der Waals surface area (Å²) in [5.74, 6) is 2.45. The molecule has 1 aromatic carbocycles. The van der Waals surface area contributed by atoms with Gasteiger partial charge in [-0.1, -0.05) is 6.07 Å². The fraction of sp³-hybridized carbons (Fsp3) is 0.267. The summed E-state index contributed by atoms with van der Waals surface area (Å²) in [6.45, 7) is 2.02. The molecule has 5 nitrogen and oxygen atoms in total. The van der Waals surface area contributed by atoms with Crippen molar-refractivity contribution in [1.29, 1.82) is 0 Å². The quantitative estimate of drug-likeness (QED) is 0.891. The van der Waals surface area contributed by atoms with Crippen LogP contribution in [0.4, 0.5) is 11.5 Å². The van der Waals surface area contributed by atoms with Crippen molar-refractivity contribution in [2.45, 2.75) is 6.42 Å². The van der Waals surface area contributed by atoms with E-state index in [9.17, 15) is 0 Å². The first-order valence-electron chi connectivity index (χ1n) is 6.65. The lowest BCUT2D eigenvalue weighted by molar-refractivity contribution is 0.171. The number of nitrogens with one attached hydrogen (secondary N) is 1. The van der Waals surface area contributed by atoms with Gasteiger partial charge < -0.3 is 20.5 Å². The van der Waals surface area contributed by atoms with Crippen molar-refractivity contribution in [1.82, 2.24) is 4.98 Å². The van der Waals surface area contributed by atoms with E-state index in [1.807, 2.05) is 18.2 Å². The lowest BCUT2D eigenvalue weighted by atomic mass is 10.1. The zero-order chi connectivity index (χ0) is 13.8. The lowest BCUT2D eigenvalue weighted by Crippen LogP contribution is -2.15. The second-order valence-electron chi connectivity index (χ2n) is 4.63. The van der Waals surface area contributed by atoms with Crippen LogP contribution in [0.3, 0.4) is 0 Å². The van der Waals surface area contributed by atoms with Gasteiger partial charge in [-0.15, -0.1) is 0 Å². The number of hydrogen-bond acceptors (Lipinski definition) is 5. The van der Waals surface area contributed by atoms with E-state index in [1.165, 1.54) is 5.56 Å². The first kappa shape index (κ1) is 12.6. The lowest BCUT2D eigenvalue weighted by Gasteiger charge is -2.18. The van der Waals surface area contributed by atoms with Gasteiger partial charge in [-0.05, 0) is 30.2 Å². The SMILES string of the molecule is Nc1ccnc(NCCc2ccc3c(c2)OCCO3)c1. The summed E-state index contributed by atoms with van der Waals surface area (Å²) < 4.78 is 11.1. The maximum absolute atomic E-state index is 5.71. The molecule has 5 heteroatoms. The highest BCUT2D eigenvalue weighted by Crippen LogP contribution is 2.30. The predicted octanol–water partition coefficient (Wildman–Crippen LogP) is 2.09. The molecule has 0 radical (unpaired) electrons. The number of nitrogen functional groups attached to an aromatic ring is 1. The Kier molecular flexibility index (Phi) is 3.58. The van der Waals surface area contributed by atoms with Crippen molar-refractivity contribution in [3.8, 4) is 11.5 Å². The van der Waals surface area contributed by atoms with Gasteiger partial charge in [0.15, 0.2) is 11.5 Å². The number of pyridine rings is 1. The molecule has 0 fully saturated rings. The molecule has 1 aliphatic rings. The normalized spacial score (nSPS) is 13.0. The molecule has 3 N–H and O–H groups in total. The summed E-state index contributed by atoms with van der Waals surface area (Å²) in [5.41, 5.74) is 7.62. The maximum Gasteiger partial charge on any atom is 0.161 e. The summed E-state index contributed by atoms with van der Waals surface area (Å²) in [4.78, 5) is 4.21. The van der Waals surface area contributed by atoms with E-state index in [-0.39, 0.29) is 0 Å². The van der Waals surface area contributed by atoms with Crippen molar-refractivity contribution in [2.24, 2.45) is 0 Å². The smallest absolute Gasteiger partial charge is 0.161 e. The highest BCUT2D eigenvalue weighted by molar-refractivity contribution is 5.48. The Morgan fingerprint density at radius 2 is 1.95 bits per heavy atom. The molecule has 104 valence electrons. The third-order valence-corrected chi connectivity index (χ3v) is 3.11. The Hall–Kier alpha value is -2.43. The minimum Gasteiger partial charge on any atom is -0.486 e. The Morgan fingerprint density at radius 1 is 1.10 bits per heavy atom. The van der Waals surface area contributed by atoms with Gasteiger partial charge in [0.2, 0.25) is 0 Å². The number of rotatable bonds is 4. The molecule has 1 aliphatic heterocycles. The number of anilines is 2. The molecule has 0 unspecified atom stereocenters. The van der Waals surface area contributed by atoms with Crippen LogP contribution in [-0.4, -0.2) is 24.7 Å². The molecular formula is C15H17N3O2. The third kappa shape index (κ3) is 2.93. The van der Waals surface area contributed by atoms with Crippen LogP contribution < -0.4 is 20.5 Å². The van der Waals surface area contributed by atoms with Crippen LogP contribution in [0.15, 0.2) is 36.5 Å². The van der Waals surface area contributed by atoms with Gasteiger partial charge >= 0.3 is 0 Å². The maximum atomic E-state index is 5.71. The molecule has 0 aliphatic carbocycles.